The summed E-state index contributed by atoms with van der Waals surface area (Å²) in [6.45, 7) is 3.99. The molecule has 0 aliphatic carbocycles. The summed E-state index contributed by atoms with van der Waals surface area (Å²) < 4.78 is 0.303. The smallest absolute Gasteiger partial charge is 0.198 e. The van der Waals surface area contributed by atoms with Gasteiger partial charge in [0, 0.05) is 6.42 Å². The summed E-state index contributed by atoms with van der Waals surface area (Å²) >= 11 is 0. The van der Waals surface area contributed by atoms with Gasteiger partial charge in [-0.1, -0.05) is 96.8 Å². The molecule has 1 rings (SSSR count). The van der Waals surface area contributed by atoms with E-state index in [1.165, 1.54) is 89.9 Å². The lowest BCUT2D eigenvalue weighted by molar-refractivity contribution is -0.831. The Balaban J connectivity index is 1.98. The van der Waals surface area contributed by atoms with Crippen molar-refractivity contribution in [3.8, 4) is 0 Å². The van der Waals surface area contributed by atoms with Crippen molar-refractivity contribution in [2.24, 2.45) is 4.99 Å². The van der Waals surface area contributed by atoms with Crippen LogP contribution in [0.3, 0.4) is 0 Å². The molecule has 0 saturated carbocycles. The van der Waals surface area contributed by atoms with E-state index in [1.54, 1.807) is 0 Å². The zero-order valence-electron chi connectivity index (χ0n) is 19.0. The van der Waals surface area contributed by atoms with Crippen molar-refractivity contribution in [1.82, 2.24) is 0 Å². The van der Waals surface area contributed by atoms with Crippen LogP contribution < -0.4 is 5.11 Å². The maximum atomic E-state index is 11.1. The lowest BCUT2D eigenvalue weighted by Gasteiger charge is -2.34. The summed E-state index contributed by atoms with van der Waals surface area (Å²) in [5.74, 6) is -0.0949. The Labute approximate surface area is 179 Å². The molecule has 0 spiro atoms. The number of amidine groups is 1. The van der Waals surface area contributed by atoms with Crippen LogP contribution in [-0.2, 0) is 4.79 Å². The number of aliphatic imine (C=N–C) groups is 1. The van der Waals surface area contributed by atoms with Crippen molar-refractivity contribution in [1.29, 1.82) is 0 Å². The Morgan fingerprint density at radius 3 is 1.83 bits per heavy atom. The van der Waals surface area contributed by atoms with Gasteiger partial charge in [0.1, 0.15) is 19.6 Å². The topological polar surface area (TPSA) is 72.7 Å². The molecular formula is C24H46N2O3. The molecule has 1 aliphatic rings. The number of carboxylic acid groups (broad SMARTS) is 1. The highest BCUT2D eigenvalue weighted by Crippen LogP contribution is 2.20. The van der Waals surface area contributed by atoms with Gasteiger partial charge in [-0.25, -0.2) is 4.99 Å². The van der Waals surface area contributed by atoms with Crippen LogP contribution in [0.5, 0.6) is 0 Å². The van der Waals surface area contributed by atoms with Crippen LogP contribution in [0.4, 0.5) is 0 Å². The summed E-state index contributed by atoms with van der Waals surface area (Å²) in [5.41, 5.74) is 0. The Morgan fingerprint density at radius 2 is 1.38 bits per heavy atom. The van der Waals surface area contributed by atoms with Gasteiger partial charge in [-0.3, -0.25) is 4.48 Å². The predicted molar refractivity (Wildman–Crippen MR) is 119 cm³/mol. The Morgan fingerprint density at radius 1 is 0.897 bits per heavy atom. The third kappa shape index (κ3) is 11.7. The highest BCUT2D eigenvalue weighted by molar-refractivity contribution is 5.79. The lowest BCUT2D eigenvalue weighted by atomic mass is 10.0. The Hall–Kier alpha value is -0.940. The molecule has 0 radical (unpaired) electrons. The number of rotatable bonds is 20. The van der Waals surface area contributed by atoms with Crippen LogP contribution in [0, 0.1) is 0 Å². The van der Waals surface area contributed by atoms with Gasteiger partial charge in [0.25, 0.3) is 0 Å². The molecule has 1 unspecified atom stereocenters. The van der Waals surface area contributed by atoms with Crippen LogP contribution in [0.15, 0.2) is 4.99 Å². The third-order valence-corrected chi connectivity index (χ3v) is 6.33. The van der Waals surface area contributed by atoms with E-state index in [2.05, 4.69) is 11.9 Å². The zero-order valence-corrected chi connectivity index (χ0v) is 19.0. The molecule has 0 aromatic heterocycles. The summed E-state index contributed by atoms with van der Waals surface area (Å²) in [6, 6.07) is 0. The first-order valence-corrected chi connectivity index (χ1v) is 12.4. The number of hydrogen-bond donors (Lipinski definition) is 1. The lowest BCUT2D eigenvalue weighted by Crippen LogP contribution is -2.57. The van der Waals surface area contributed by atoms with Crippen LogP contribution in [-0.4, -0.2) is 54.2 Å². The van der Waals surface area contributed by atoms with E-state index in [9.17, 15) is 15.0 Å². The number of nitrogens with zero attached hydrogens (tertiary/aromatic N) is 2. The molecule has 0 saturated heterocycles. The Kier molecular flexibility index (Phi) is 15.1. The number of quaternary nitrogens is 1. The van der Waals surface area contributed by atoms with Gasteiger partial charge in [-0.15, -0.1) is 0 Å². The van der Waals surface area contributed by atoms with E-state index in [1.807, 2.05) is 0 Å². The van der Waals surface area contributed by atoms with Gasteiger partial charge < -0.3 is 15.0 Å². The first kappa shape index (κ1) is 26.1. The molecule has 5 heteroatoms. The van der Waals surface area contributed by atoms with E-state index in [0.717, 1.165) is 18.7 Å². The zero-order chi connectivity index (χ0) is 21.2. The minimum Gasteiger partial charge on any atom is -0.544 e. The number of carbonyl (C=O) groups is 1. The number of hydrogen-bond acceptors (Lipinski definition) is 4. The van der Waals surface area contributed by atoms with Gasteiger partial charge in [-0.05, 0) is 6.42 Å². The molecule has 0 amide bonds. The molecule has 0 bridgehead atoms. The number of aliphatic hydroxyl groups is 1. The first-order chi connectivity index (χ1) is 14.1. The second-order valence-corrected chi connectivity index (χ2v) is 8.84. The summed E-state index contributed by atoms with van der Waals surface area (Å²) in [4.78, 5) is 15.7. The van der Waals surface area contributed by atoms with Crippen LogP contribution in [0.1, 0.15) is 110 Å². The maximum absolute atomic E-state index is 11.1. The van der Waals surface area contributed by atoms with Crippen molar-refractivity contribution in [3.63, 3.8) is 0 Å². The monoisotopic (exact) mass is 410 g/mol. The molecule has 29 heavy (non-hydrogen) atoms. The van der Waals surface area contributed by atoms with E-state index in [-0.39, 0.29) is 13.2 Å². The number of carboxylic acids is 1. The SMILES string of the molecule is CCCCCCCCCCCCCCCCCC1=NCC[N+]1(CCO)CC(=O)[O-]. The van der Waals surface area contributed by atoms with Crippen molar-refractivity contribution in [2.75, 3.05) is 32.8 Å². The molecule has 170 valence electrons. The van der Waals surface area contributed by atoms with Crippen LogP contribution >= 0.6 is 0 Å². The molecule has 5 nitrogen and oxygen atoms in total. The van der Waals surface area contributed by atoms with Gasteiger partial charge in [0.15, 0.2) is 5.84 Å². The molecule has 0 fully saturated rings. The number of carbonyl (C=O) groups excluding carboxylic acids is 1. The molecule has 1 heterocycles. The molecular weight excluding hydrogens is 364 g/mol. The second kappa shape index (κ2) is 16.8. The normalized spacial score (nSPS) is 18.9. The molecule has 1 atom stereocenters. The van der Waals surface area contributed by atoms with Crippen molar-refractivity contribution < 1.29 is 19.5 Å². The van der Waals surface area contributed by atoms with E-state index < -0.39 is 5.97 Å². The average Bonchev–Trinajstić information content (AvgIpc) is 3.06. The predicted octanol–water partition coefficient (Wildman–Crippen LogP) is 4.22. The van der Waals surface area contributed by atoms with Crippen molar-refractivity contribution in [3.05, 3.63) is 0 Å². The molecule has 0 aromatic carbocycles. The first-order valence-electron chi connectivity index (χ1n) is 12.4. The van der Waals surface area contributed by atoms with Crippen LogP contribution in [0.25, 0.3) is 0 Å². The minimum atomic E-state index is -1.05. The number of unbranched alkanes of at least 4 members (excludes halogenated alkanes) is 14. The highest BCUT2D eigenvalue weighted by atomic mass is 16.4. The van der Waals surface area contributed by atoms with Gasteiger partial charge >= 0.3 is 0 Å². The number of aliphatic carboxylic acids is 1. The fourth-order valence-electron chi connectivity index (χ4n) is 4.55. The summed E-state index contributed by atoms with van der Waals surface area (Å²) in [5, 5.41) is 20.5. The quantitative estimate of drug-likeness (QED) is 0.241. The second-order valence-electron chi connectivity index (χ2n) is 8.84. The van der Waals surface area contributed by atoms with E-state index in [4.69, 9.17) is 0 Å². The number of aliphatic hydroxyl groups excluding tert-OH is 1. The van der Waals surface area contributed by atoms with Crippen LogP contribution in [0.2, 0.25) is 0 Å². The molecule has 0 aromatic rings. The van der Waals surface area contributed by atoms with Gasteiger partial charge in [-0.2, -0.15) is 0 Å². The Bertz CT molecular complexity index is 453. The molecule has 1 N–H and O–H groups in total. The van der Waals surface area contributed by atoms with E-state index >= 15 is 0 Å². The molecule has 1 aliphatic heterocycles. The van der Waals surface area contributed by atoms with Gasteiger partial charge in [0.05, 0.1) is 19.1 Å². The van der Waals surface area contributed by atoms with Crippen molar-refractivity contribution in [2.45, 2.75) is 110 Å². The van der Waals surface area contributed by atoms with E-state index in [0.29, 0.717) is 24.1 Å². The fourth-order valence-corrected chi connectivity index (χ4v) is 4.55. The average molecular weight is 411 g/mol. The standard InChI is InChI=1S/C24H46N2O3/c1-2-3-4-5-6-7-8-9-10-11-12-13-14-15-16-17-23-25-18-19-26(23,20-21-27)22-24(28)29/h27H,2-22H2,1H3. The fraction of sp³-hybridized carbons (Fsp3) is 0.917. The summed E-state index contributed by atoms with van der Waals surface area (Å²) in [7, 11) is 0. The third-order valence-electron chi connectivity index (χ3n) is 6.33. The highest BCUT2D eigenvalue weighted by Gasteiger charge is 2.37. The van der Waals surface area contributed by atoms with Gasteiger partial charge in [0.2, 0.25) is 0 Å². The summed E-state index contributed by atoms with van der Waals surface area (Å²) in [6.07, 6.45) is 21.0. The maximum Gasteiger partial charge on any atom is 0.198 e. The minimum absolute atomic E-state index is 0.00877. The van der Waals surface area contributed by atoms with Crippen molar-refractivity contribution >= 4 is 11.8 Å². The largest absolute Gasteiger partial charge is 0.544 e.